The highest BCUT2D eigenvalue weighted by molar-refractivity contribution is 7.48. The molecule has 0 radical (unpaired) electrons. The normalized spacial score (nSPS) is 33.5. The Hall–Kier alpha value is 0.110. The highest BCUT2D eigenvalue weighted by Crippen LogP contribution is 2.56. The number of hydrogen-bond donors (Lipinski definition) is 0. The zero-order valence-corrected chi connectivity index (χ0v) is 10.9. The second kappa shape index (κ2) is 5.18. The molecule has 2 aliphatic rings. The fraction of sp³-hybridized carbons (Fsp3) is 1.00. The van der Waals surface area contributed by atoms with E-state index in [9.17, 15) is 4.57 Å². The molecule has 2 rings (SSSR count). The molecule has 3 unspecified atom stereocenters. The van der Waals surface area contributed by atoms with Crippen LogP contribution < -0.4 is 0 Å². The Morgan fingerprint density at radius 2 is 1.81 bits per heavy atom. The Kier molecular flexibility index (Phi) is 4.06. The van der Waals surface area contributed by atoms with Gasteiger partial charge in [-0.15, -0.1) is 0 Å². The number of phosphoric acid groups is 1. The van der Waals surface area contributed by atoms with E-state index in [2.05, 4.69) is 0 Å². The van der Waals surface area contributed by atoms with Crippen LogP contribution in [0.5, 0.6) is 0 Å². The van der Waals surface area contributed by atoms with Crippen molar-refractivity contribution in [2.75, 3.05) is 13.2 Å². The van der Waals surface area contributed by atoms with E-state index < -0.39 is 7.82 Å². The van der Waals surface area contributed by atoms with Gasteiger partial charge in [-0.1, -0.05) is 0 Å². The molecule has 94 valence electrons. The van der Waals surface area contributed by atoms with Crippen molar-refractivity contribution in [3.63, 3.8) is 0 Å². The van der Waals surface area contributed by atoms with E-state index in [4.69, 9.17) is 13.6 Å². The number of phosphoric ester groups is 1. The zero-order chi connectivity index (χ0) is 11.6. The summed E-state index contributed by atoms with van der Waals surface area (Å²) in [6.07, 6.45) is 4.84. The lowest BCUT2D eigenvalue weighted by Gasteiger charge is -2.26. The third kappa shape index (κ3) is 2.67. The average Bonchev–Trinajstić information content (AvgIpc) is 2.79. The summed E-state index contributed by atoms with van der Waals surface area (Å²) in [5.74, 6) is 1.34. The smallest absolute Gasteiger partial charge is 0.287 e. The second-order valence-corrected chi connectivity index (χ2v) is 6.22. The molecule has 5 heteroatoms. The molecule has 4 nitrogen and oxygen atoms in total. The lowest BCUT2D eigenvalue weighted by atomic mass is 9.98. The van der Waals surface area contributed by atoms with Crippen LogP contribution in [-0.4, -0.2) is 19.3 Å². The minimum atomic E-state index is -3.30. The van der Waals surface area contributed by atoms with Crippen LogP contribution >= 0.6 is 7.82 Å². The van der Waals surface area contributed by atoms with Gasteiger partial charge in [0.25, 0.3) is 0 Å². The average molecular weight is 248 g/mol. The zero-order valence-electron chi connectivity index (χ0n) is 10.1. The molecule has 0 aromatic rings. The van der Waals surface area contributed by atoms with Gasteiger partial charge in [0.2, 0.25) is 0 Å². The minimum absolute atomic E-state index is 0.0858. The lowest BCUT2D eigenvalue weighted by Crippen LogP contribution is -2.20. The van der Waals surface area contributed by atoms with Crippen LogP contribution in [0.4, 0.5) is 0 Å². The van der Waals surface area contributed by atoms with E-state index in [1.165, 1.54) is 19.3 Å². The molecule has 2 bridgehead atoms. The quantitative estimate of drug-likeness (QED) is 0.676. The lowest BCUT2D eigenvalue weighted by molar-refractivity contribution is 0.0578. The van der Waals surface area contributed by atoms with Gasteiger partial charge in [0.05, 0.1) is 19.3 Å². The summed E-state index contributed by atoms with van der Waals surface area (Å²) >= 11 is 0. The fourth-order valence-electron chi connectivity index (χ4n) is 2.90. The SMILES string of the molecule is CCOP(=O)(OCC)OC1CC2CCC1C2. The highest BCUT2D eigenvalue weighted by Gasteiger charge is 2.44. The van der Waals surface area contributed by atoms with Crippen molar-refractivity contribution in [1.29, 1.82) is 0 Å². The van der Waals surface area contributed by atoms with Gasteiger partial charge in [-0.05, 0) is 51.4 Å². The molecule has 2 aliphatic carbocycles. The van der Waals surface area contributed by atoms with Gasteiger partial charge in [-0.2, -0.15) is 0 Å². The van der Waals surface area contributed by atoms with Crippen molar-refractivity contribution in [3.8, 4) is 0 Å². The van der Waals surface area contributed by atoms with Gasteiger partial charge in [0.15, 0.2) is 0 Å². The Morgan fingerprint density at radius 3 is 2.25 bits per heavy atom. The molecule has 0 amide bonds. The van der Waals surface area contributed by atoms with Gasteiger partial charge in [0.1, 0.15) is 0 Å². The molecule has 2 saturated carbocycles. The Balaban J connectivity index is 1.93. The molecule has 0 spiro atoms. The topological polar surface area (TPSA) is 44.8 Å². The van der Waals surface area contributed by atoms with E-state index in [1.807, 2.05) is 0 Å². The summed E-state index contributed by atoms with van der Waals surface area (Å²) in [6, 6.07) is 0. The van der Waals surface area contributed by atoms with Gasteiger partial charge in [0, 0.05) is 0 Å². The molecule has 0 aromatic carbocycles. The first kappa shape index (κ1) is 12.6. The van der Waals surface area contributed by atoms with Crippen molar-refractivity contribution in [1.82, 2.24) is 0 Å². The van der Waals surface area contributed by atoms with Crippen molar-refractivity contribution < 1.29 is 18.1 Å². The summed E-state index contributed by atoms with van der Waals surface area (Å²) in [4.78, 5) is 0. The summed E-state index contributed by atoms with van der Waals surface area (Å²) in [5.41, 5.74) is 0. The van der Waals surface area contributed by atoms with Gasteiger partial charge in [-0.3, -0.25) is 13.6 Å². The molecule has 3 atom stereocenters. The van der Waals surface area contributed by atoms with Crippen LogP contribution in [0.3, 0.4) is 0 Å². The Morgan fingerprint density at radius 1 is 1.12 bits per heavy atom. The second-order valence-electron chi connectivity index (χ2n) is 4.60. The van der Waals surface area contributed by atoms with E-state index >= 15 is 0 Å². The Labute approximate surface area is 97.3 Å². The predicted molar refractivity (Wildman–Crippen MR) is 61.2 cm³/mol. The van der Waals surface area contributed by atoms with E-state index in [1.54, 1.807) is 13.8 Å². The van der Waals surface area contributed by atoms with Crippen LogP contribution in [0.2, 0.25) is 0 Å². The van der Waals surface area contributed by atoms with Crippen LogP contribution in [-0.2, 0) is 18.1 Å². The highest BCUT2D eigenvalue weighted by atomic mass is 31.2. The maximum absolute atomic E-state index is 12.2. The molecular weight excluding hydrogens is 227 g/mol. The standard InChI is InChI=1S/C11H21O4P/c1-3-13-16(12,14-4-2)15-11-8-9-5-6-10(11)7-9/h9-11H,3-8H2,1-2H3. The first-order chi connectivity index (χ1) is 7.67. The van der Waals surface area contributed by atoms with Crippen LogP contribution in [0.25, 0.3) is 0 Å². The summed E-state index contributed by atoms with van der Waals surface area (Å²) in [5, 5.41) is 0. The van der Waals surface area contributed by atoms with E-state index in [0.29, 0.717) is 19.1 Å². The minimum Gasteiger partial charge on any atom is -0.287 e. The monoisotopic (exact) mass is 248 g/mol. The molecule has 0 N–H and O–H groups in total. The molecule has 2 fully saturated rings. The fourth-order valence-corrected chi connectivity index (χ4v) is 4.31. The first-order valence-electron chi connectivity index (χ1n) is 6.24. The van der Waals surface area contributed by atoms with E-state index in [-0.39, 0.29) is 6.10 Å². The van der Waals surface area contributed by atoms with E-state index in [0.717, 1.165) is 12.3 Å². The van der Waals surface area contributed by atoms with Crippen molar-refractivity contribution >= 4 is 7.82 Å². The number of rotatable bonds is 6. The van der Waals surface area contributed by atoms with Gasteiger partial charge < -0.3 is 0 Å². The number of hydrogen-bond acceptors (Lipinski definition) is 4. The van der Waals surface area contributed by atoms with Crippen molar-refractivity contribution in [2.24, 2.45) is 11.8 Å². The molecule has 0 heterocycles. The predicted octanol–water partition coefficient (Wildman–Crippen LogP) is 3.37. The van der Waals surface area contributed by atoms with Crippen LogP contribution in [0.1, 0.15) is 39.5 Å². The van der Waals surface area contributed by atoms with Crippen LogP contribution in [0, 0.1) is 11.8 Å². The summed E-state index contributed by atoms with van der Waals surface area (Å²) in [6.45, 7) is 4.32. The molecule has 0 saturated heterocycles. The van der Waals surface area contributed by atoms with Crippen LogP contribution in [0.15, 0.2) is 0 Å². The molecule has 0 aliphatic heterocycles. The maximum atomic E-state index is 12.2. The maximum Gasteiger partial charge on any atom is 0.475 e. The summed E-state index contributed by atoms with van der Waals surface area (Å²) < 4.78 is 28.1. The van der Waals surface area contributed by atoms with Gasteiger partial charge in [-0.25, -0.2) is 4.57 Å². The first-order valence-corrected chi connectivity index (χ1v) is 7.70. The molecule has 16 heavy (non-hydrogen) atoms. The van der Waals surface area contributed by atoms with Crippen molar-refractivity contribution in [2.45, 2.75) is 45.6 Å². The number of fused-ring (bicyclic) bond motifs is 2. The summed E-state index contributed by atoms with van der Waals surface area (Å²) in [7, 11) is -3.30. The third-order valence-corrected chi connectivity index (χ3v) is 5.19. The largest absolute Gasteiger partial charge is 0.475 e. The Bertz CT molecular complexity index is 271. The van der Waals surface area contributed by atoms with Gasteiger partial charge >= 0.3 is 7.82 Å². The third-order valence-electron chi connectivity index (χ3n) is 3.51. The molecular formula is C11H21O4P. The molecule has 0 aromatic heterocycles. The van der Waals surface area contributed by atoms with Crippen molar-refractivity contribution in [3.05, 3.63) is 0 Å².